The lowest BCUT2D eigenvalue weighted by Gasteiger charge is -1.98. The van der Waals surface area contributed by atoms with Crippen LogP contribution in [0.25, 0.3) is 4.85 Å². The molecule has 3 heteroatoms. The van der Waals surface area contributed by atoms with Crippen molar-refractivity contribution in [2.75, 3.05) is 0 Å². The van der Waals surface area contributed by atoms with Crippen LogP contribution in [0.1, 0.15) is 23.5 Å². The van der Waals surface area contributed by atoms with Crippen molar-refractivity contribution < 1.29 is 4.79 Å². The Morgan fingerprint density at radius 3 is 2.75 bits per heavy atom. The molecule has 1 aromatic heterocycles. The molecule has 1 aromatic rings. The molecule has 0 amide bonds. The Balaban J connectivity index is 2.91. The average molecular weight is 179 g/mol. The smallest absolute Gasteiger partial charge is 0.198 e. The number of ketones is 1. The monoisotopic (exact) mass is 179 g/mol. The molecule has 0 aliphatic rings. The Kier molecular flexibility index (Phi) is 2.61. The topological polar surface area (TPSA) is 21.4 Å². The van der Waals surface area contributed by atoms with Crippen molar-refractivity contribution in [3.63, 3.8) is 0 Å². The third kappa shape index (κ3) is 1.72. The molecule has 0 unspecified atom stereocenters. The summed E-state index contributed by atoms with van der Waals surface area (Å²) in [6, 6.07) is 1.65. The first-order valence-corrected chi connectivity index (χ1v) is 4.53. The zero-order valence-electron chi connectivity index (χ0n) is 7.00. The van der Waals surface area contributed by atoms with Crippen molar-refractivity contribution in [3.8, 4) is 0 Å². The molecule has 0 saturated carbocycles. The van der Waals surface area contributed by atoms with E-state index < -0.39 is 0 Å². The highest BCUT2D eigenvalue weighted by molar-refractivity contribution is 7.12. The van der Waals surface area contributed by atoms with Crippen molar-refractivity contribution >= 4 is 22.8 Å². The molecule has 0 radical (unpaired) electrons. The summed E-state index contributed by atoms with van der Waals surface area (Å²) < 4.78 is 0. The van der Waals surface area contributed by atoms with Crippen molar-refractivity contribution in [3.05, 3.63) is 27.7 Å². The van der Waals surface area contributed by atoms with E-state index in [0.29, 0.717) is 10.6 Å². The lowest BCUT2D eigenvalue weighted by molar-refractivity contribution is 0.0943. The van der Waals surface area contributed by atoms with Crippen LogP contribution in [-0.2, 0) is 0 Å². The second-order valence-corrected chi connectivity index (χ2v) is 3.71. The molecule has 0 aromatic carbocycles. The summed E-state index contributed by atoms with van der Waals surface area (Å²) in [6.45, 7) is 10.4. The van der Waals surface area contributed by atoms with Gasteiger partial charge in [0, 0.05) is 5.92 Å². The molecular formula is C9H9NOS. The first-order valence-electron chi connectivity index (χ1n) is 3.65. The number of carbonyl (C=O) groups excluding carboxylic acids is 1. The number of nitrogens with zero attached hydrogens (tertiary/aromatic N) is 1. The minimum absolute atomic E-state index is 0.0160. The van der Waals surface area contributed by atoms with Gasteiger partial charge in [0.15, 0.2) is 11.5 Å². The van der Waals surface area contributed by atoms with Gasteiger partial charge < -0.3 is 0 Å². The summed E-state index contributed by atoms with van der Waals surface area (Å²) in [5.41, 5.74) is 0.559. The number of hydrogen-bond donors (Lipinski definition) is 0. The first kappa shape index (κ1) is 8.95. The van der Waals surface area contributed by atoms with Gasteiger partial charge in [0.25, 0.3) is 0 Å². The molecule has 0 aliphatic carbocycles. The van der Waals surface area contributed by atoms with Crippen LogP contribution in [0.5, 0.6) is 0 Å². The van der Waals surface area contributed by atoms with Gasteiger partial charge in [-0.2, -0.15) is 11.3 Å². The fourth-order valence-corrected chi connectivity index (χ4v) is 1.71. The van der Waals surface area contributed by atoms with E-state index in [1.54, 1.807) is 11.4 Å². The Morgan fingerprint density at radius 2 is 2.33 bits per heavy atom. The van der Waals surface area contributed by atoms with E-state index in [1.807, 2.05) is 13.8 Å². The molecule has 12 heavy (non-hydrogen) atoms. The predicted octanol–water partition coefficient (Wildman–Crippen LogP) is 3.14. The molecule has 1 rings (SSSR count). The van der Waals surface area contributed by atoms with E-state index in [2.05, 4.69) is 4.85 Å². The predicted molar refractivity (Wildman–Crippen MR) is 49.7 cm³/mol. The minimum Gasteiger partial charge on any atom is -0.293 e. The van der Waals surface area contributed by atoms with Crippen LogP contribution in [0, 0.1) is 12.5 Å². The lowest BCUT2D eigenvalue weighted by atomic mass is 10.1. The van der Waals surface area contributed by atoms with Gasteiger partial charge in [-0.15, -0.1) is 0 Å². The summed E-state index contributed by atoms with van der Waals surface area (Å²) in [4.78, 5) is 15.3. The van der Waals surface area contributed by atoms with Crippen LogP contribution < -0.4 is 0 Å². The van der Waals surface area contributed by atoms with Crippen molar-refractivity contribution in [2.45, 2.75) is 13.8 Å². The van der Waals surface area contributed by atoms with Crippen molar-refractivity contribution in [2.24, 2.45) is 5.92 Å². The fraction of sp³-hybridized carbons (Fsp3) is 0.333. The van der Waals surface area contributed by atoms with E-state index in [1.165, 1.54) is 11.3 Å². The Labute approximate surface area is 75.7 Å². The highest BCUT2D eigenvalue weighted by Crippen LogP contribution is 2.23. The zero-order chi connectivity index (χ0) is 9.14. The quantitative estimate of drug-likeness (QED) is 0.505. The Morgan fingerprint density at radius 1 is 1.67 bits per heavy atom. The molecule has 0 aliphatic heterocycles. The zero-order valence-corrected chi connectivity index (χ0v) is 7.81. The summed E-state index contributed by atoms with van der Waals surface area (Å²) in [6.07, 6.45) is 0. The second-order valence-electron chi connectivity index (χ2n) is 2.80. The molecule has 0 N–H and O–H groups in total. The third-order valence-electron chi connectivity index (χ3n) is 1.48. The van der Waals surface area contributed by atoms with Crippen LogP contribution in [0.3, 0.4) is 0 Å². The number of carbonyl (C=O) groups is 1. The molecule has 0 atom stereocenters. The highest BCUT2D eigenvalue weighted by Gasteiger charge is 2.12. The normalized spacial score (nSPS) is 9.83. The molecule has 0 saturated heterocycles. The molecule has 1 heterocycles. The average Bonchev–Trinajstić information content (AvgIpc) is 2.50. The fourth-order valence-electron chi connectivity index (χ4n) is 0.799. The SMILES string of the molecule is [C-]#[N+]c1csc(C(=O)C(C)C)c1. The van der Waals surface area contributed by atoms with E-state index >= 15 is 0 Å². The maximum absolute atomic E-state index is 11.4. The highest BCUT2D eigenvalue weighted by atomic mass is 32.1. The lowest BCUT2D eigenvalue weighted by Crippen LogP contribution is -2.04. The van der Waals surface area contributed by atoms with Crippen LogP contribution in [0.2, 0.25) is 0 Å². The second kappa shape index (κ2) is 3.51. The van der Waals surface area contributed by atoms with Crippen molar-refractivity contribution in [1.29, 1.82) is 0 Å². The summed E-state index contributed by atoms with van der Waals surface area (Å²) >= 11 is 1.35. The third-order valence-corrected chi connectivity index (χ3v) is 2.41. The maximum Gasteiger partial charge on any atom is 0.198 e. The Bertz CT molecular complexity index is 333. The number of rotatable bonds is 2. The summed E-state index contributed by atoms with van der Waals surface area (Å²) in [5.74, 6) is 0.136. The van der Waals surface area contributed by atoms with Crippen LogP contribution in [0.15, 0.2) is 11.4 Å². The van der Waals surface area contributed by atoms with Gasteiger partial charge in [-0.1, -0.05) is 13.8 Å². The van der Waals surface area contributed by atoms with Crippen LogP contribution in [-0.4, -0.2) is 5.78 Å². The molecule has 62 valence electrons. The van der Waals surface area contributed by atoms with Gasteiger partial charge in [-0.25, -0.2) is 4.85 Å². The van der Waals surface area contributed by atoms with E-state index in [-0.39, 0.29) is 11.7 Å². The molecule has 0 bridgehead atoms. The van der Waals surface area contributed by atoms with Gasteiger partial charge in [0.1, 0.15) is 0 Å². The Hall–Kier alpha value is -1.14. The molecular weight excluding hydrogens is 170 g/mol. The van der Waals surface area contributed by atoms with Gasteiger partial charge in [-0.05, 0) is 11.4 Å². The number of Topliss-reactive ketones (excluding diaryl/α,β-unsaturated/α-hetero) is 1. The summed E-state index contributed by atoms with van der Waals surface area (Å²) in [5, 5.41) is 1.71. The standard InChI is InChI=1S/C9H9NOS/c1-6(2)9(11)8-4-7(10-3)5-12-8/h4-6H,1-2H3. The largest absolute Gasteiger partial charge is 0.293 e. The molecule has 0 fully saturated rings. The summed E-state index contributed by atoms with van der Waals surface area (Å²) in [7, 11) is 0. The van der Waals surface area contributed by atoms with Crippen molar-refractivity contribution in [1.82, 2.24) is 0 Å². The van der Waals surface area contributed by atoms with Crippen LogP contribution in [0.4, 0.5) is 5.69 Å². The molecule has 2 nitrogen and oxygen atoms in total. The van der Waals surface area contributed by atoms with Gasteiger partial charge in [0.2, 0.25) is 0 Å². The number of hydrogen-bond acceptors (Lipinski definition) is 2. The van der Waals surface area contributed by atoms with E-state index in [9.17, 15) is 4.79 Å². The number of thiophene rings is 1. The minimum atomic E-state index is 0.0160. The maximum atomic E-state index is 11.4. The molecule has 0 spiro atoms. The first-order chi connectivity index (χ1) is 5.65. The van der Waals surface area contributed by atoms with E-state index in [4.69, 9.17) is 6.57 Å². The van der Waals surface area contributed by atoms with Gasteiger partial charge in [0.05, 0.1) is 11.4 Å². The van der Waals surface area contributed by atoms with E-state index in [0.717, 1.165) is 0 Å². The van der Waals surface area contributed by atoms with Crippen LogP contribution >= 0.6 is 11.3 Å². The van der Waals surface area contributed by atoms with Gasteiger partial charge >= 0.3 is 0 Å². The van der Waals surface area contributed by atoms with Gasteiger partial charge in [-0.3, -0.25) is 4.79 Å².